The number of carbonyl (C=O) groups excluding carboxylic acids is 1. The van der Waals surface area contributed by atoms with E-state index in [4.69, 9.17) is 9.47 Å². The second-order valence-electron chi connectivity index (χ2n) is 8.22. The fraction of sp³-hybridized carbons (Fsp3) is 0.571. The first-order chi connectivity index (χ1) is 11.5. The molecule has 1 saturated heterocycles. The molecular weight excluding hydrogens is 300 g/mol. The van der Waals surface area contributed by atoms with Gasteiger partial charge in [-0.3, -0.25) is 0 Å². The second kappa shape index (κ2) is 5.19. The number of benzene rings is 1. The monoisotopic (exact) mass is 326 g/mol. The highest BCUT2D eigenvalue weighted by Crippen LogP contribution is 2.68. The predicted octanol–water partition coefficient (Wildman–Crippen LogP) is 4.23. The van der Waals surface area contributed by atoms with Crippen LogP contribution in [0.4, 0.5) is 0 Å². The summed E-state index contributed by atoms with van der Waals surface area (Å²) in [5.41, 5.74) is 0.246. The molecule has 0 amide bonds. The van der Waals surface area contributed by atoms with Crippen molar-refractivity contribution in [3.63, 3.8) is 0 Å². The van der Waals surface area contributed by atoms with Crippen LogP contribution < -0.4 is 0 Å². The van der Waals surface area contributed by atoms with Crippen LogP contribution in [0, 0.1) is 16.7 Å². The summed E-state index contributed by atoms with van der Waals surface area (Å²) >= 11 is 0. The van der Waals surface area contributed by atoms with Crippen LogP contribution >= 0.6 is 0 Å². The van der Waals surface area contributed by atoms with Crippen molar-refractivity contribution in [2.24, 2.45) is 16.7 Å². The van der Waals surface area contributed by atoms with Crippen molar-refractivity contribution in [2.45, 2.75) is 51.2 Å². The number of carbonyl (C=O) groups is 1. The van der Waals surface area contributed by atoms with Crippen LogP contribution in [0.2, 0.25) is 0 Å². The summed E-state index contributed by atoms with van der Waals surface area (Å²) < 4.78 is 11.7. The lowest BCUT2D eigenvalue weighted by Gasteiger charge is -2.41. The molecule has 3 fully saturated rings. The first kappa shape index (κ1) is 15.9. The van der Waals surface area contributed by atoms with Gasteiger partial charge in [-0.15, -0.1) is 6.58 Å². The summed E-state index contributed by atoms with van der Waals surface area (Å²) in [4.78, 5) is 12.9. The van der Waals surface area contributed by atoms with E-state index in [2.05, 4.69) is 20.4 Å². The van der Waals surface area contributed by atoms with E-state index < -0.39 is 5.60 Å². The van der Waals surface area contributed by atoms with E-state index >= 15 is 0 Å². The Kier molecular flexibility index (Phi) is 3.44. The molecule has 1 unspecified atom stereocenters. The number of epoxide rings is 1. The van der Waals surface area contributed by atoms with Gasteiger partial charge < -0.3 is 9.47 Å². The Balaban J connectivity index is 1.58. The van der Waals surface area contributed by atoms with Crippen LogP contribution in [-0.2, 0) is 19.9 Å². The quantitative estimate of drug-likeness (QED) is 0.462. The van der Waals surface area contributed by atoms with E-state index in [9.17, 15) is 4.79 Å². The molecule has 1 heterocycles. The number of allylic oxidation sites excluding steroid dienone is 1. The molecule has 2 bridgehead atoms. The van der Waals surface area contributed by atoms with Gasteiger partial charge in [0.1, 0.15) is 6.10 Å². The fourth-order valence-electron chi connectivity index (χ4n) is 5.32. The molecule has 3 heteroatoms. The van der Waals surface area contributed by atoms with Crippen LogP contribution in [0.1, 0.15) is 45.1 Å². The molecule has 4 rings (SSSR count). The van der Waals surface area contributed by atoms with E-state index in [0.717, 1.165) is 24.8 Å². The molecule has 0 N–H and O–H groups in total. The second-order valence-corrected chi connectivity index (χ2v) is 8.22. The Morgan fingerprint density at radius 2 is 2.08 bits per heavy atom. The molecule has 1 aromatic carbocycles. The van der Waals surface area contributed by atoms with Crippen LogP contribution in [0.5, 0.6) is 0 Å². The van der Waals surface area contributed by atoms with E-state index in [0.29, 0.717) is 12.5 Å². The molecule has 3 nitrogen and oxygen atoms in total. The van der Waals surface area contributed by atoms with Gasteiger partial charge in [0.25, 0.3) is 0 Å². The molecule has 0 aromatic heterocycles. The average Bonchev–Trinajstić information content (AvgIpc) is 3.32. The minimum absolute atomic E-state index is 0.0264. The first-order valence-corrected chi connectivity index (χ1v) is 8.98. The lowest BCUT2D eigenvalue weighted by molar-refractivity contribution is -0.164. The summed E-state index contributed by atoms with van der Waals surface area (Å²) in [7, 11) is 0. The lowest BCUT2D eigenvalue weighted by Crippen LogP contribution is -2.42. The van der Waals surface area contributed by atoms with Crippen molar-refractivity contribution in [1.82, 2.24) is 0 Å². The Hall–Kier alpha value is -1.61. The van der Waals surface area contributed by atoms with Crippen molar-refractivity contribution in [2.75, 3.05) is 6.61 Å². The van der Waals surface area contributed by atoms with Gasteiger partial charge >= 0.3 is 5.97 Å². The fourth-order valence-corrected chi connectivity index (χ4v) is 5.32. The molecule has 0 spiro atoms. The van der Waals surface area contributed by atoms with Gasteiger partial charge in [0, 0.05) is 5.41 Å². The molecular formula is C21H26O3. The van der Waals surface area contributed by atoms with Gasteiger partial charge in [-0.05, 0) is 42.6 Å². The Bertz CT molecular complexity index is 659. The lowest BCUT2D eigenvalue weighted by atomic mass is 9.66. The molecule has 0 radical (unpaired) electrons. The third kappa shape index (κ3) is 1.97. The largest absolute Gasteiger partial charge is 0.459 e. The van der Waals surface area contributed by atoms with Crippen molar-refractivity contribution in [3.05, 3.63) is 48.6 Å². The van der Waals surface area contributed by atoms with Crippen LogP contribution in [0.15, 0.2) is 43.0 Å². The summed E-state index contributed by atoms with van der Waals surface area (Å²) in [5, 5.41) is 0. The molecule has 4 atom stereocenters. The highest BCUT2D eigenvalue weighted by Gasteiger charge is 2.66. The normalized spacial score (nSPS) is 38.8. The molecule has 2 aliphatic carbocycles. The number of fused-ring (bicyclic) bond motifs is 2. The Morgan fingerprint density at radius 3 is 2.67 bits per heavy atom. The van der Waals surface area contributed by atoms with Gasteiger partial charge in [0.2, 0.25) is 5.60 Å². The number of esters is 1. The van der Waals surface area contributed by atoms with E-state index in [-0.39, 0.29) is 22.9 Å². The maximum atomic E-state index is 12.9. The van der Waals surface area contributed by atoms with Gasteiger partial charge in [0.05, 0.1) is 6.61 Å². The Labute approximate surface area is 144 Å². The first-order valence-electron chi connectivity index (χ1n) is 8.98. The molecule has 3 aliphatic rings. The Morgan fingerprint density at radius 1 is 1.38 bits per heavy atom. The highest BCUT2D eigenvalue weighted by molar-refractivity contribution is 5.84. The standard InChI is InChI=1S/C21H26O3/c1-4-11-20-12-10-16(19(20,2)3)13-17(20)24-18(22)21(14-23-21)15-8-6-5-7-9-15/h4-9,16-17H,1,10-14H2,2-3H3/t16-,17-,20+,21?/m1/s1. The smallest absolute Gasteiger partial charge is 0.345 e. The van der Waals surface area contributed by atoms with Crippen LogP contribution in [0.3, 0.4) is 0 Å². The van der Waals surface area contributed by atoms with Crippen molar-refractivity contribution < 1.29 is 14.3 Å². The van der Waals surface area contributed by atoms with Crippen molar-refractivity contribution >= 4 is 5.97 Å². The molecule has 1 aliphatic heterocycles. The van der Waals surface area contributed by atoms with E-state index in [1.807, 2.05) is 36.4 Å². The zero-order valence-corrected chi connectivity index (χ0v) is 14.6. The SMILES string of the molecule is C=CC[C@]12CC[C@H](C[C@H]1OC(=O)C1(c3ccccc3)CO1)C2(C)C. The highest BCUT2D eigenvalue weighted by atomic mass is 16.6. The maximum absolute atomic E-state index is 12.9. The summed E-state index contributed by atoms with van der Waals surface area (Å²) in [6.07, 6.45) is 6.20. The third-order valence-electron chi connectivity index (χ3n) is 7.12. The van der Waals surface area contributed by atoms with Crippen molar-refractivity contribution in [3.8, 4) is 0 Å². The summed E-state index contributed by atoms with van der Waals surface area (Å²) in [6.45, 7) is 9.05. The number of hydrogen-bond donors (Lipinski definition) is 0. The number of rotatable bonds is 5. The minimum atomic E-state index is -0.872. The van der Waals surface area contributed by atoms with Gasteiger partial charge in [0.15, 0.2) is 0 Å². The van der Waals surface area contributed by atoms with Gasteiger partial charge in [-0.2, -0.15) is 0 Å². The molecule has 2 saturated carbocycles. The average molecular weight is 326 g/mol. The van der Waals surface area contributed by atoms with Crippen molar-refractivity contribution in [1.29, 1.82) is 0 Å². The van der Waals surface area contributed by atoms with Gasteiger partial charge in [-0.1, -0.05) is 50.3 Å². The zero-order valence-electron chi connectivity index (χ0n) is 14.6. The van der Waals surface area contributed by atoms with Crippen LogP contribution in [0.25, 0.3) is 0 Å². The number of ether oxygens (including phenoxy) is 2. The topological polar surface area (TPSA) is 38.8 Å². The molecule has 1 aromatic rings. The zero-order chi connectivity index (χ0) is 17.0. The molecule has 24 heavy (non-hydrogen) atoms. The van der Waals surface area contributed by atoms with E-state index in [1.165, 1.54) is 6.42 Å². The summed E-state index contributed by atoms with van der Waals surface area (Å²) in [5.74, 6) is 0.411. The summed E-state index contributed by atoms with van der Waals surface area (Å²) in [6, 6.07) is 9.71. The predicted molar refractivity (Wildman–Crippen MR) is 92.3 cm³/mol. The van der Waals surface area contributed by atoms with Crippen LogP contribution in [-0.4, -0.2) is 18.7 Å². The van der Waals surface area contributed by atoms with E-state index in [1.54, 1.807) is 0 Å². The minimum Gasteiger partial charge on any atom is -0.459 e. The third-order valence-corrected chi connectivity index (χ3v) is 7.12. The molecule has 128 valence electrons. The maximum Gasteiger partial charge on any atom is 0.345 e. The van der Waals surface area contributed by atoms with Gasteiger partial charge in [-0.25, -0.2) is 4.79 Å². The number of hydrogen-bond acceptors (Lipinski definition) is 3.